The third-order valence-electron chi connectivity index (χ3n) is 2.93. The molecule has 0 unspecified atom stereocenters. The predicted octanol–water partition coefficient (Wildman–Crippen LogP) is 3.70. The molecule has 0 amide bonds. The van der Waals surface area contributed by atoms with E-state index in [0.717, 1.165) is 0 Å². The van der Waals surface area contributed by atoms with Crippen LogP contribution in [0.25, 0.3) is 16.7 Å². The van der Waals surface area contributed by atoms with Crippen molar-refractivity contribution in [2.24, 2.45) is 0 Å². The minimum absolute atomic E-state index is 0.359. The van der Waals surface area contributed by atoms with Crippen molar-refractivity contribution in [2.75, 3.05) is 0 Å². The van der Waals surface area contributed by atoms with Gasteiger partial charge in [-0.3, -0.25) is 4.57 Å². The molecule has 3 aromatic rings. The fourth-order valence-corrected chi connectivity index (χ4v) is 2.39. The zero-order valence-corrected chi connectivity index (χ0v) is 10.5. The normalized spacial score (nSPS) is 10.5. The maximum Gasteiger partial charge on any atom is 0.182 e. The van der Waals surface area contributed by atoms with Crippen LogP contribution in [-0.4, -0.2) is 9.55 Å². The maximum absolute atomic E-state index is 13.9. The summed E-state index contributed by atoms with van der Waals surface area (Å²) in [6, 6.07) is 13.7. The van der Waals surface area contributed by atoms with E-state index in [1.54, 1.807) is 41.0 Å². The smallest absolute Gasteiger partial charge is 0.182 e. The molecule has 0 aliphatic rings. The number of H-pyrrole nitrogens is 1. The van der Waals surface area contributed by atoms with Gasteiger partial charge in [0.15, 0.2) is 4.77 Å². The third kappa shape index (κ3) is 1.74. The number of aromatic nitrogens is 2. The molecule has 0 bridgehead atoms. The summed E-state index contributed by atoms with van der Waals surface area (Å²) in [7, 11) is 0. The Morgan fingerprint density at radius 2 is 1.95 bits per heavy atom. The average molecular weight is 269 g/mol. The molecule has 0 atom stereocenters. The van der Waals surface area contributed by atoms with E-state index in [9.17, 15) is 4.39 Å². The highest BCUT2D eigenvalue weighted by Crippen LogP contribution is 2.23. The van der Waals surface area contributed by atoms with Gasteiger partial charge in [0.2, 0.25) is 0 Å². The molecule has 3 nitrogen and oxygen atoms in total. The summed E-state index contributed by atoms with van der Waals surface area (Å²) in [6.45, 7) is 0. The topological polar surface area (TPSA) is 44.5 Å². The Morgan fingerprint density at radius 3 is 2.68 bits per heavy atom. The first-order valence-electron chi connectivity index (χ1n) is 5.61. The van der Waals surface area contributed by atoms with Gasteiger partial charge >= 0.3 is 0 Å². The lowest BCUT2D eigenvalue weighted by Gasteiger charge is -2.05. The Balaban J connectivity index is 2.44. The van der Waals surface area contributed by atoms with Gasteiger partial charge < -0.3 is 4.98 Å². The molecule has 0 fully saturated rings. The first-order chi connectivity index (χ1) is 9.22. The molecule has 0 saturated carbocycles. The van der Waals surface area contributed by atoms with Crippen molar-refractivity contribution in [3.8, 4) is 11.8 Å². The second-order valence-corrected chi connectivity index (χ2v) is 4.42. The second kappa shape index (κ2) is 4.34. The van der Waals surface area contributed by atoms with Crippen LogP contribution in [0.2, 0.25) is 0 Å². The summed E-state index contributed by atoms with van der Waals surface area (Å²) < 4.78 is 15.9. The van der Waals surface area contributed by atoms with Gasteiger partial charge in [-0.05, 0) is 36.5 Å². The highest BCUT2D eigenvalue weighted by atomic mass is 32.1. The van der Waals surface area contributed by atoms with Crippen LogP contribution in [0.4, 0.5) is 4.39 Å². The monoisotopic (exact) mass is 269 g/mol. The van der Waals surface area contributed by atoms with Gasteiger partial charge in [-0.25, -0.2) is 4.39 Å². The van der Waals surface area contributed by atoms with E-state index >= 15 is 0 Å². The standard InChI is InChI=1S/C14H8FN3S/c15-10-5-1-2-6-11(10)18-12-7-3-4-9(8-16)13(12)17-14(18)19/h1-7H,(H,17,19). The van der Waals surface area contributed by atoms with Crippen LogP contribution in [0.1, 0.15) is 5.56 Å². The van der Waals surface area contributed by atoms with Crippen molar-refractivity contribution in [3.63, 3.8) is 0 Å². The van der Waals surface area contributed by atoms with Crippen LogP contribution in [0.15, 0.2) is 42.5 Å². The van der Waals surface area contributed by atoms with Crippen LogP contribution < -0.4 is 0 Å². The van der Waals surface area contributed by atoms with Crippen molar-refractivity contribution in [3.05, 3.63) is 58.6 Å². The summed E-state index contributed by atoms with van der Waals surface area (Å²) in [6.07, 6.45) is 0. The minimum atomic E-state index is -0.359. The van der Waals surface area contributed by atoms with Crippen molar-refractivity contribution in [1.29, 1.82) is 5.26 Å². The summed E-state index contributed by atoms with van der Waals surface area (Å²) in [4.78, 5) is 2.96. The number of hydrogen-bond acceptors (Lipinski definition) is 2. The molecule has 19 heavy (non-hydrogen) atoms. The van der Waals surface area contributed by atoms with Gasteiger partial charge in [0.1, 0.15) is 11.9 Å². The lowest BCUT2D eigenvalue weighted by molar-refractivity contribution is 0.619. The second-order valence-electron chi connectivity index (χ2n) is 4.03. The molecule has 5 heteroatoms. The van der Waals surface area contributed by atoms with Gasteiger partial charge in [0.05, 0.1) is 22.3 Å². The minimum Gasteiger partial charge on any atom is -0.329 e. The largest absolute Gasteiger partial charge is 0.329 e. The summed E-state index contributed by atoms with van der Waals surface area (Å²) >= 11 is 5.23. The molecule has 2 aromatic carbocycles. The highest BCUT2D eigenvalue weighted by Gasteiger charge is 2.12. The average Bonchev–Trinajstić information content (AvgIpc) is 2.75. The summed E-state index contributed by atoms with van der Waals surface area (Å²) in [5, 5.41) is 9.07. The molecule has 92 valence electrons. The molecular weight excluding hydrogens is 261 g/mol. The Hall–Kier alpha value is -2.45. The number of fused-ring (bicyclic) bond motifs is 1. The molecular formula is C14H8FN3S. The van der Waals surface area contributed by atoms with E-state index < -0.39 is 0 Å². The number of hydrogen-bond donors (Lipinski definition) is 1. The van der Waals surface area contributed by atoms with Gasteiger partial charge in [-0.1, -0.05) is 18.2 Å². The SMILES string of the molecule is N#Cc1cccc2c1[nH]c(=S)n2-c1ccccc1F. The van der Waals surface area contributed by atoms with E-state index in [4.69, 9.17) is 17.5 Å². The van der Waals surface area contributed by atoms with E-state index in [2.05, 4.69) is 11.1 Å². The number of aromatic amines is 1. The maximum atomic E-state index is 13.9. The summed E-state index contributed by atoms with van der Waals surface area (Å²) in [5.41, 5.74) is 2.17. The molecule has 1 heterocycles. The number of rotatable bonds is 1. The highest BCUT2D eigenvalue weighted by molar-refractivity contribution is 7.71. The fraction of sp³-hybridized carbons (Fsp3) is 0. The number of nitrogens with zero attached hydrogens (tertiary/aromatic N) is 2. The van der Waals surface area contributed by atoms with Crippen molar-refractivity contribution in [1.82, 2.24) is 9.55 Å². The van der Waals surface area contributed by atoms with Gasteiger partial charge in [0.25, 0.3) is 0 Å². The number of para-hydroxylation sites is 2. The molecule has 0 aliphatic heterocycles. The Labute approximate surface area is 113 Å². The van der Waals surface area contributed by atoms with E-state index in [0.29, 0.717) is 27.1 Å². The van der Waals surface area contributed by atoms with E-state index in [1.165, 1.54) is 6.07 Å². The zero-order chi connectivity index (χ0) is 13.4. The lowest BCUT2D eigenvalue weighted by atomic mass is 10.2. The first-order valence-corrected chi connectivity index (χ1v) is 6.02. The number of nitriles is 1. The van der Waals surface area contributed by atoms with Crippen LogP contribution in [-0.2, 0) is 0 Å². The molecule has 3 rings (SSSR count). The van der Waals surface area contributed by atoms with Crippen LogP contribution >= 0.6 is 12.2 Å². The molecule has 0 radical (unpaired) electrons. The first kappa shape index (κ1) is 11.6. The molecule has 1 N–H and O–H groups in total. The molecule has 0 saturated heterocycles. The zero-order valence-electron chi connectivity index (χ0n) is 9.72. The predicted molar refractivity (Wildman–Crippen MR) is 73.1 cm³/mol. The van der Waals surface area contributed by atoms with Crippen molar-refractivity contribution >= 4 is 23.3 Å². The fourth-order valence-electron chi connectivity index (χ4n) is 2.10. The van der Waals surface area contributed by atoms with Crippen LogP contribution in [0.5, 0.6) is 0 Å². The lowest BCUT2D eigenvalue weighted by Crippen LogP contribution is -1.97. The Morgan fingerprint density at radius 1 is 1.16 bits per heavy atom. The van der Waals surface area contributed by atoms with Gasteiger partial charge in [0, 0.05) is 0 Å². The van der Waals surface area contributed by atoms with Crippen LogP contribution in [0, 0.1) is 21.9 Å². The van der Waals surface area contributed by atoms with Crippen LogP contribution in [0.3, 0.4) is 0 Å². The molecule has 0 spiro atoms. The molecule has 0 aliphatic carbocycles. The number of benzene rings is 2. The van der Waals surface area contributed by atoms with Gasteiger partial charge in [-0.15, -0.1) is 0 Å². The number of halogens is 1. The summed E-state index contributed by atoms with van der Waals surface area (Å²) in [5.74, 6) is -0.359. The Bertz CT molecular complexity index is 870. The quantitative estimate of drug-likeness (QED) is 0.685. The van der Waals surface area contributed by atoms with Gasteiger partial charge in [-0.2, -0.15) is 5.26 Å². The molecule has 1 aromatic heterocycles. The Kier molecular flexibility index (Phi) is 2.65. The number of nitrogens with one attached hydrogen (secondary N) is 1. The van der Waals surface area contributed by atoms with Crippen molar-refractivity contribution in [2.45, 2.75) is 0 Å². The van der Waals surface area contributed by atoms with E-state index in [1.807, 2.05) is 0 Å². The number of imidazole rings is 1. The third-order valence-corrected chi connectivity index (χ3v) is 3.22. The van der Waals surface area contributed by atoms with Crippen molar-refractivity contribution < 1.29 is 4.39 Å². The van der Waals surface area contributed by atoms with E-state index in [-0.39, 0.29) is 5.82 Å².